The van der Waals surface area contributed by atoms with Crippen molar-refractivity contribution in [2.24, 2.45) is 0 Å². The zero-order chi connectivity index (χ0) is 9.68. The van der Waals surface area contributed by atoms with E-state index in [9.17, 15) is 10.1 Å². The lowest BCUT2D eigenvalue weighted by molar-refractivity contribution is -0.392. The number of ether oxygens (including phenoxy) is 1. The van der Waals surface area contributed by atoms with E-state index in [2.05, 4.69) is 5.10 Å². The summed E-state index contributed by atoms with van der Waals surface area (Å²) in [6, 6.07) is 1.38. The summed E-state index contributed by atoms with van der Waals surface area (Å²) in [5, 5.41) is 14.3. The van der Waals surface area contributed by atoms with Crippen molar-refractivity contribution in [2.75, 3.05) is 13.7 Å². The highest BCUT2D eigenvalue weighted by molar-refractivity contribution is 5.15. The maximum atomic E-state index is 10.4. The van der Waals surface area contributed by atoms with Gasteiger partial charge in [-0.05, 0) is 4.92 Å². The fourth-order valence-electron chi connectivity index (χ4n) is 1.01. The first-order valence-corrected chi connectivity index (χ1v) is 3.91. The largest absolute Gasteiger partial charge is 0.385 e. The second kappa shape index (κ2) is 4.56. The van der Waals surface area contributed by atoms with Crippen LogP contribution in [0.3, 0.4) is 0 Å². The summed E-state index contributed by atoms with van der Waals surface area (Å²) >= 11 is 0. The van der Waals surface area contributed by atoms with Crippen molar-refractivity contribution in [3.05, 3.63) is 22.4 Å². The summed E-state index contributed by atoms with van der Waals surface area (Å²) in [5.74, 6) is 0.0242. The molecule has 0 bridgehead atoms. The number of methoxy groups -OCH3 is 1. The van der Waals surface area contributed by atoms with Crippen LogP contribution in [0.2, 0.25) is 0 Å². The van der Waals surface area contributed by atoms with Gasteiger partial charge in [-0.15, -0.1) is 4.68 Å². The normalized spacial score (nSPS) is 10.2. The van der Waals surface area contributed by atoms with E-state index in [4.69, 9.17) is 4.74 Å². The topological polar surface area (TPSA) is 70.2 Å². The summed E-state index contributed by atoms with van der Waals surface area (Å²) in [7, 11) is 1.59. The zero-order valence-corrected chi connectivity index (χ0v) is 7.34. The molecule has 0 saturated heterocycles. The van der Waals surface area contributed by atoms with Crippen molar-refractivity contribution in [1.29, 1.82) is 0 Å². The first-order chi connectivity index (χ1) is 6.25. The summed E-state index contributed by atoms with van der Waals surface area (Å²) in [4.78, 5) is 9.98. The molecule has 0 radical (unpaired) electrons. The molecule has 0 amide bonds. The van der Waals surface area contributed by atoms with Gasteiger partial charge in [0.15, 0.2) is 0 Å². The number of hydrogen-bond donors (Lipinski definition) is 0. The third-order valence-corrected chi connectivity index (χ3v) is 1.60. The van der Waals surface area contributed by atoms with Gasteiger partial charge in [-0.25, -0.2) is 0 Å². The predicted octanol–water partition coefficient (Wildman–Crippen LogP) is 0.828. The van der Waals surface area contributed by atoms with Crippen LogP contribution in [0.4, 0.5) is 5.82 Å². The van der Waals surface area contributed by atoms with E-state index >= 15 is 0 Å². The molecule has 0 N–H and O–H groups in total. The highest BCUT2D eigenvalue weighted by Crippen LogP contribution is 2.09. The van der Waals surface area contributed by atoms with Gasteiger partial charge in [-0.1, -0.05) is 5.10 Å². The molecule has 72 valence electrons. The molecule has 0 fully saturated rings. The Bertz CT molecular complexity index is 284. The van der Waals surface area contributed by atoms with Crippen molar-refractivity contribution < 1.29 is 9.66 Å². The maximum absolute atomic E-state index is 10.4. The molecule has 0 unspecified atom stereocenters. The summed E-state index contributed by atoms with van der Waals surface area (Å²) in [6.07, 6.45) is 2.14. The Kier molecular flexibility index (Phi) is 3.39. The summed E-state index contributed by atoms with van der Waals surface area (Å²) in [6.45, 7) is 1.09. The molecule has 13 heavy (non-hydrogen) atoms. The van der Waals surface area contributed by atoms with E-state index in [0.29, 0.717) is 13.2 Å². The van der Waals surface area contributed by atoms with Gasteiger partial charge in [0.2, 0.25) is 0 Å². The number of aromatic nitrogens is 2. The monoisotopic (exact) mass is 185 g/mol. The minimum atomic E-state index is -0.445. The molecule has 6 heteroatoms. The van der Waals surface area contributed by atoms with Crippen molar-refractivity contribution in [3.8, 4) is 0 Å². The van der Waals surface area contributed by atoms with Crippen LogP contribution in [0.15, 0.2) is 12.3 Å². The van der Waals surface area contributed by atoms with Gasteiger partial charge < -0.3 is 14.9 Å². The molecule has 0 aromatic carbocycles. The van der Waals surface area contributed by atoms with Gasteiger partial charge in [-0.3, -0.25) is 0 Å². The van der Waals surface area contributed by atoms with Crippen LogP contribution in [0.25, 0.3) is 0 Å². The van der Waals surface area contributed by atoms with Crippen LogP contribution in [-0.2, 0) is 11.3 Å². The molecular weight excluding hydrogens is 174 g/mol. The van der Waals surface area contributed by atoms with E-state index in [-0.39, 0.29) is 5.82 Å². The molecule has 0 aliphatic rings. The molecule has 1 heterocycles. The van der Waals surface area contributed by atoms with Crippen molar-refractivity contribution >= 4 is 5.82 Å². The minimum Gasteiger partial charge on any atom is -0.385 e. The van der Waals surface area contributed by atoms with Crippen LogP contribution >= 0.6 is 0 Å². The van der Waals surface area contributed by atoms with Gasteiger partial charge in [0.05, 0.1) is 18.9 Å². The van der Waals surface area contributed by atoms with E-state index in [1.807, 2.05) is 0 Å². The average molecular weight is 185 g/mol. The van der Waals surface area contributed by atoms with Crippen LogP contribution in [0, 0.1) is 10.1 Å². The summed E-state index contributed by atoms with van der Waals surface area (Å²) in [5.41, 5.74) is 0. The van der Waals surface area contributed by atoms with Crippen LogP contribution in [0.1, 0.15) is 6.42 Å². The van der Waals surface area contributed by atoms with Crippen molar-refractivity contribution in [2.45, 2.75) is 13.0 Å². The summed E-state index contributed by atoms with van der Waals surface area (Å²) < 4.78 is 6.19. The predicted molar refractivity (Wildman–Crippen MR) is 45.4 cm³/mol. The fourth-order valence-corrected chi connectivity index (χ4v) is 1.01. The Morgan fingerprint density at radius 2 is 2.54 bits per heavy atom. The third-order valence-electron chi connectivity index (χ3n) is 1.60. The molecule has 0 atom stereocenters. The average Bonchev–Trinajstić information content (AvgIpc) is 2.53. The fraction of sp³-hybridized carbons (Fsp3) is 0.571. The number of aryl methyl sites for hydroxylation is 1. The first kappa shape index (κ1) is 9.66. The molecule has 1 rings (SSSR count). The van der Waals surface area contributed by atoms with Gasteiger partial charge in [0, 0.05) is 13.5 Å². The molecule has 0 spiro atoms. The lowest BCUT2D eigenvalue weighted by atomic mass is 10.4. The Morgan fingerprint density at radius 3 is 3.15 bits per heavy atom. The number of nitro groups is 1. The lowest BCUT2D eigenvalue weighted by Gasteiger charge is -1.98. The molecule has 0 aliphatic carbocycles. The Balaban J connectivity index is 2.55. The Morgan fingerprint density at radius 1 is 1.77 bits per heavy atom. The molecule has 0 saturated carbocycles. The van der Waals surface area contributed by atoms with Gasteiger partial charge >= 0.3 is 5.82 Å². The van der Waals surface area contributed by atoms with E-state index in [1.54, 1.807) is 7.11 Å². The minimum absolute atomic E-state index is 0.0242. The van der Waals surface area contributed by atoms with Gasteiger partial charge in [0.25, 0.3) is 0 Å². The first-order valence-electron chi connectivity index (χ1n) is 3.91. The molecule has 1 aromatic rings. The number of nitrogens with zero attached hydrogens (tertiary/aromatic N) is 3. The van der Waals surface area contributed by atoms with Crippen LogP contribution < -0.4 is 0 Å². The smallest absolute Gasteiger partial charge is 0.344 e. The maximum Gasteiger partial charge on any atom is 0.344 e. The standard InChI is InChI=1S/C7H11N3O3/c1-13-6-2-5-9-7(10(11)12)3-4-8-9/h3-4H,2,5-6H2,1H3. The van der Waals surface area contributed by atoms with Crippen molar-refractivity contribution in [3.63, 3.8) is 0 Å². The van der Waals surface area contributed by atoms with E-state index < -0.39 is 4.92 Å². The highest BCUT2D eigenvalue weighted by atomic mass is 16.6. The van der Waals surface area contributed by atoms with Crippen LogP contribution in [0.5, 0.6) is 0 Å². The quantitative estimate of drug-likeness (QED) is 0.387. The van der Waals surface area contributed by atoms with Crippen LogP contribution in [-0.4, -0.2) is 28.4 Å². The Labute approximate surface area is 75.3 Å². The second-order valence-corrected chi connectivity index (χ2v) is 2.52. The molecule has 0 aliphatic heterocycles. The van der Waals surface area contributed by atoms with Gasteiger partial charge in [0.1, 0.15) is 6.54 Å². The van der Waals surface area contributed by atoms with Crippen molar-refractivity contribution in [1.82, 2.24) is 9.78 Å². The highest BCUT2D eigenvalue weighted by Gasteiger charge is 2.12. The lowest BCUT2D eigenvalue weighted by Crippen LogP contribution is -2.06. The number of rotatable bonds is 5. The van der Waals surface area contributed by atoms with Gasteiger partial charge in [-0.2, -0.15) is 0 Å². The molecule has 6 nitrogen and oxygen atoms in total. The third kappa shape index (κ3) is 2.51. The molecular formula is C7H11N3O3. The van der Waals surface area contributed by atoms with E-state index in [1.165, 1.54) is 16.9 Å². The Hall–Kier alpha value is -1.43. The van der Waals surface area contributed by atoms with E-state index in [0.717, 1.165) is 6.42 Å². The second-order valence-electron chi connectivity index (χ2n) is 2.52. The number of hydrogen-bond acceptors (Lipinski definition) is 4. The zero-order valence-electron chi connectivity index (χ0n) is 7.34. The molecule has 1 aromatic heterocycles. The SMILES string of the molecule is COCCCn1nccc1[N+](=O)[O-].